The number of rotatable bonds is 8. The molecule has 164 valence electrons. The molecular formula is C17H25N7O5S. The minimum absolute atomic E-state index is 0.135. The van der Waals surface area contributed by atoms with Crippen LogP contribution in [0, 0.1) is 0 Å². The number of nitrogens with two attached hydrogens (primary N) is 2. The fourth-order valence-electron chi connectivity index (χ4n) is 3.16. The highest BCUT2D eigenvalue weighted by Crippen LogP contribution is 2.32. The Labute approximate surface area is 176 Å². The number of ether oxygens (including phenoxy) is 1. The predicted molar refractivity (Wildman–Crippen MR) is 109 cm³/mol. The molecule has 0 aliphatic carbocycles. The number of nitrogens with zero attached hydrogens (tertiary/aromatic N) is 4. The van der Waals surface area contributed by atoms with Crippen molar-refractivity contribution < 1.29 is 24.5 Å². The minimum atomic E-state index is -1.48. The van der Waals surface area contributed by atoms with Crippen molar-refractivity contribution in [1.29, 1.82) is 0 Å². The normalized spacial score (nSPS) is 25.0. The van der Waals surface area contributed by atoms with Crippen LogP contribution in [-0.2, 0) is 14.3 Å². The van der Waals surface area contributed by atoms with Gasteiger partial charge < -0.3 is 31.7 Å². The van der Waals surface area contributed by atoms with Gasteiger partial charge in [0, 0.05) is 0 Å². The first-order valence-corrected chi connectivity index (χ1v) is 10.4. The largest absolute Gasteiger partial charge is 0.479 e. The van der Waals surface area contributed by atoms with Crippen LogP contribution >= 0.6 is 11.8 Å². The molecule has 1 amide bonds. The van der Waals surface area contributed by atoms with Crippen LogP contribution in [-0.4, -0.2) is 76.9 Å². The van der Waals surface area contributed by atoms with E-state index in [1.165, 1.54) is 17.2 Å². The second-order valence-electron chi connectivity index (χ2n) is 7.21. The Morgan fingerprint density at radius 3 is 2.77 bits per heavy atom. The van der Waals surface area contributed by atoms with E-state index in [1.807, 2.05) is 13.8 Å². The second kappa shape index (κ2) is 9.12. The summed E-state index contributed by atoms with van der Waals surface area (Å²) in [4.78, 5) is 36.2. The zero-order valence-electron chi connectivity index (χ0n) is 16.5. The Bertz CT molecular complexity index is 923. The van der Waals surface area contributed by atoms with Gasteiger partial charge in [0.2, 0.25) is 5.91 Å². The highest BCUT2D eigenvalue weighted by molar-refractivity contribution is 7.99. The third kappa shape index (κ3) is 4.48. The summed E-state index contributed by atoms with van der Waals surface area (Å²) in [5.74, 6) is -1.07. The number of aliphatic hydroxyl groups is 1. The molecular weight excluding hydrogens is 414 g/mol. The first kappa shape index (κ1) is 22.2. The maximum Gasteiger partial charge on any atom is 0.335 e. The molecule has 2 aromatic heterocycles. The highest BCUT2D eigenvalue weighted by atomic mass is 32.2. The SMILES string of the molecule is CC(C)SCCC(N)C(=O)NC1C(C(=O)O)OC(n2cnc3c(N)ncnc32)C1O. The van der Waals surface area contributed by atoms with E-state index in [0.717, 1.165) is 0 Å². The second-order valence-corrected chi connectivity index (χ2v) is 8.89. The Morgan fingerprint density at radius 2 is 2.10 bits per heavy atom. The van der Waals surface area contributed by atoms with Gasteiger partial charge in [-0.1, -0.05) is 13.8 Å². The van der Waals surface area contributed by atoms with Crippen LogP contribution < -0.4 is 16.8 Å². The van der Waals surface area contributed by atoms with E-state index < -0.39 is 42.4 Å². The summed E-state index contributed by atoms with van der Waals surface area (Å²) in [6.07, 6.45) is -1.06. The molecule has 1 aliphatic rings. The third-order valence-corrected chi connectivity index (χ3v) is 5.84. The van der Waals surface area contributed by atoms with Crippen molar-refractivity contribution in [3.05, 3.63) is 12.7 Å². The topological polar surface area (TPSA) is 191 Å². The Morgan fingerprint density at radius 1 is 1.37 bits per heavy atom. The van der Waals surface area contributed by atoms with Crippen molar-refractivity contribution in [1.82, 2.24) is 24.8 Å². The molecule has 7 N–H and O–H groups in total. The number of thioether (sulfide) groups is 1. The molecule has 3 heterocycles. The highest BCUT2D eigenvalue weighted by Gasteiger charge is 2.49. The standard InChI is InChI=1S/C17H25N7O5S/c1-7(2)30-4-3-8(18)15(26)23-9-11(25)16(29-12(9)17(27)28)24-6-22-10-13(19)20-5-21-14(10)24/h5-9,11-12,16,25H,3-4,18H2,1-2H3,(H,23,26)(H,27,28)(H2,19,20,21). The van der Waals surface area contributed by atoms with Crippen molar-refractivity contribution in [3.8, 4) is 0 Å². The number of hydrogen-bond donors (Lipinski definition) is 5. The first-order chi connectivity index (χ1) is 14.2. The van der Waals surface area contributed by atoms with Gasteiger partial charge in [0.15, 0.2) is 23.8 Å². The van der Waals surface area contributed by atoms with Gasteiger partial charge in [-0.15, -0.1) is 0 Å². The van der Waals surface area contributed by atoms with Gasteiger partial charge in [-0.2, -0.15) is 11.8 Å². The summed E-state index contributed by atoms with van der Waals surface area (Å²) in [6, 6.07) is -2.04. The van der Waals surface area contributed by atoms with Gasteiger partial charge in [-0.25, -0.2) is 19.7 Å². The van der Waals surface area contributed by atoms with Crippen LogP contribution in [0.1, 0.15) is 26.5 Å². The lowest BCUT2D eigenvalue weighted by molar-refractivity contribution is -0.152. The first-order valence-electron chi connectivity index (χ1n) is 9.37. The molecule has 0 bridgehead atoms. The average Bonchev–Trinajstić information content (AvgIpc) is 3.24. The maximum atomic E-state index is 12.5. The van der Waals surface area contributed by atoms with Gasteiger partial charge >= 0.3 is 5.97 Å². The summed E-state index contributed by atoms with van der Waals surface area (Å²) < 4.78 is 6.91. The van der Waals surface area contributed by atoms with Crippen molar-refractivity contribution in [2.45, 2.75) is 56.0 Å². The molecule has 0 aromatic carbocycles. The number of carboxylic acid groups (broad SMARTS) is 1. The van der Waals surface area contributed by atoms with E-state index in [1.54, 1.807) is 11.8 Å². The smallest absolute Gasteiger partial charge is 0.335 e. The van der Waals surface area contributed by atoms with Crippen molar-refractivity contribution in [3.63, 3.8) is 0 Å². The lowest BCUT2D eigenvalue weighted by Crippen LogP contribution is -2.54. The number of aromatic nitrogens is 4. The molecule has 1 aliphatic heterocycles. The summed E-state index contributed by atoms with van der Waals surface area (Å²) in [5, 5.41) is 23.2. The Kier molecular flexibility index (Phi) is 6.75. The lowest BCUT2D eigenvalue weighted by atomic mass is 10.1. The predicted octanol–water partition coefficient (Wildman–Crippen LogP) is -0.905. The molecule has 0 spiro atoms. The zero-order chi connectivity index (χ0) is 22.0. The Balaban J connectivity index is 1.77. The average molecular weight is 439 g/mol. The fourth-order valence-corrected chi connectivity index (χ4v) is 4.03. The monoisotopic (exact) mass is 439 g/mol. The van der Waals surface area contributed by atoms with Gasteiger partial charge in [-0.05, 0) is 17.4 Å². The molecule has 0 saturated carbocycles. The van der Waals surface area contributed by atoms with E-state index in [0.29, 0.717) is 17.4 Å². The van der Waals surface area contributed by atoms with Gasteiger partial charge in [0.25, 0.3) is 0 Å². The number of imidazole rings is 1. The fraction of sp³-hybridized carbons (Fsp3) is 0.588. The number of nitrogen functional groups attached to an aromatic ring is 1. The van der Waals surface area contributed by atoms with Crippen LogP contribution in [0.4, 0.5) is 5.82 Å². The number of amides is 1. The summed E-state index contributed by atoms with van der Waals surface area (Å²) in [6.45, 7) is 4.08. The Hall–Kier alpha value is -2.48. The van der Waals surface area contributed by atoms with Crippen LogP contribution in [0.2, 0.25) is 0 Å². The number of fused-ring (bicyclic) bond motifs is 1. The third-order valence-electron chi connectivity index (χ3n) is 4.70. The number of carbonyl (C=O) groups excluding carboxylic acids is 1. The number of carboxylic acids is 1. The number of hydrogen-bond acceptors (Lipinski definition) is 10. The van der Waals surface area contributed by atoms with E-state index in [4.69, 9.17) is 16.2 Å². The molecule has 1 fully saturated rings. The molecule has 3 rings (SSSR count). The maximum absolute atomic E-state index is 12.5. The number of aliphatic carboxylic acids is 1. The molecule has 5 unspecified atom stereocenters. The molecule has 30 heavy (non-hydrogen) atoms. The van der Waals surface area contributed by atoms with E-state index in [2.05, 4.69) is 20.3 Å². The minimum Gasteiger partial charge on any atom is -0.479 e. The zero-order valence-corrected chi connectivity index (χ0v) is 17.3. The molecule has 0 radical (unpaired) electrons. The quantitative estimate of drug-likeness (QED) is 0.342. The number of nitrogens with one attached hydrogen (secondary N) is 1. The van der Waals surface area contributed by atoms with E-state index >= 15 is 0 Å². The summed E-state index contributed by atoms with van der Waals surface area (Å²) in [5.41, 5.74) is 12.3. The summed E-state index contributed by atoms with van der Waals surface area (Å²) in [7, 11) is 0. The van der Waals surface area contributed by atoms with Crippen LogP contribution in [0.3, 0.4) is 0 Å². The van der Waals surface area contributed by atoms with Crippen LogP contribution in [0.15, 0.2) is 12.7 Å². The van der Waals surface area contributed by atoms with Crippen molar-refractivity contribution >= 4 is 40.6 Å². The molecule has 1 saturated heterocycles. The molecule has 2 aromatic rings. The van der Waals surface area contributed by atoms with Gasteiger partial charge in [-0.3, -0.25) is 9.36 Å². The van der Waals surface area contributed by atoms with Crippen molar-refractivity contribution in [2.75, 3.05) is 11.5 Å². The van der Waals surface area contributed by atoms with Crippen LogP contribution in [0.25, 0.3) is 11.2 Å². The summed E-state index contributed by atoms with van der Waals surface area (Å²) >= 11 is 1.67. The number of aliphatic hydroxyl groups excluding tert-OH is 1. The van der Waals surface area contributed by atoms with Gasteiger partial charge in [0.05, 0.1) is 18.4 Å². The van der Waals surface area contributed by atoms with Crippen LogP contribution in [0.5, 0.6) is 0 Å². The van der Waals surface area contributed by atoms with E-state index in [9.17, 15) is 19.8 Å². The number of anilines is 1. The molecule has 5 atom stereocenters. The molecule has 13 heteroatoms. The number of carbonyl (C=O) groups is 2. The van der Waals surface area contributed by atoms with Crippen molar-refractivity contribution in [2.24, 2.45) is 5.73 Å². The lowest BCUT2D eigenvalue weighted by Gasteiger charge is -2.22. The molecule has 12 nitrogen and oxygen atoms in total. The van der Waals surface area contributed by atoms with Gasteiger partial charge in [0.1, 0.15) is 17.9 Å². The van der Waals surface area contributed by atoms with E-state index in [-0.39, 0.29) is 17.0 Å².